The van der Waals surface area contributed by atoms with E-state index in [0.29, 0.717) is 6.10 Å². The highest BCUT2D eigenvalue weighted by Gasteiger charge is 2.21. The predicted octanol–water partition coefficient (Wildman–Crippen LogP) is 2.65. The van der Waals surface area contributed by atoms with Crippen LogP contribution in [0.15, 0.2) is 6.20 Å². The fraction of sp³-hybridized carbons (Fsp3) is 0.786. The second kappa shape index (κ2) is 6.20. The van der Waals surface area contributed by atoms with E-state index >= 15 is 0 Å². The van der Waals surface area contributed by atoms with E-state index in [1.165, 1.54) is 11.3 Å². The highest BCUT2D eigenvalue weighted by Crippen LogP contribution is 2.26. The number of thiazole rings is 1. The van der Waals surface area contributed by atoms with Crippen LogP contribution >= 0.6 is 11.3 Å². The second-order valence-electron chi connectivity index (χ2n) is 6.16. The molecule has 0 amide bonds. The summed E-state index contributed by atoms with van der Waals surface area (Å²) in [6.07, 6.45) is 4.70. The summed E-state index contributed by atoms with van der Waals surface area (Å²) in [6, 6.07) is 0. The van der Waals surface area contributed by atoms with E-state index in [1.807, 2.05) is 6.20 Å². The molecule has 4 nitrogen and oxygen atoms in total. The molecule has 1 N–H and O–H groups in total. The number of methoxy groups -OCH3 is 1. The van der Waals surface area contributed by atoms with Crippen molar-refractivity contribution in [2.24, 2.45) is 0 Å². The molecule has 1 aromatic rings. The molecular formula is C14H25N3OS. The maximum absolute atomic E-state index is 5.46. The van der Waals surface area contributed by atoms with Crippen molar-refractivity contribution < 1.29 is 4.74 Å². The molecule has 1 saturated heterocycles. The lowest BCUT2D eigenvalue weighted by atomic mass is 10.1. The lowest BCUT2D eigenvalue weighted by Gasteiger charge is -2.31. The summed E-state index contributed by atoms with van der Waals surface area (Å²) in [5.41, 5.74) is 0.149. The zero-order valence-electron chi connectivity index (χ0n) is 12.4. The smallest absolute Gasteiger partial charge is 0.185 e. The molecule has 0 spiro atoms. The zero-order chi connectivity index (χ0) is 13.9. The Hall–Kier alpha value is -0.650. The Bertz CT molecular complexity index is 400. The van der Waals surface area contributed by atoms with Gasteiger partial charge in [-0.3, -0.25) is 0 Å². The van der Waals surface area contributed by atoms with Crippen molar-refractivity contribution >= 4 is 16.5 Å². The predicted molar refractivity (Wildman–Crippen MR) is 81.0 cm³/mol. The van der Waals surface area contributed by atoms with Crippen LogP contribution in [0.5, 0.6) is 0 Å². The molecule has 1 fully saturated rings. The van der Waals surface area contributed by atoms with Crippen molar-refractivity contribution in [3.63, 3.8) is 0 Å². The SMILES string of the molecule is COC1CCCN(c2ncc(CNC(C)(C)C)s2)C1. The fourth-order valence-electron chi connectivity index (χ4n) is 2.18. The molecule has 1 unspecified atom stereocenters. The summed E-state index contributed by atoms with van der Waals surface area (Å²) in [6.45, 7) is 9.51. The summed E-state index contributed by atoms with van der Waals surface area (Å²) in [5, 5.41) is 4.63. The van der Waals surface area contributed by atoms with Gasteiger partial charge in [-0.05, 0) is 33.6 Å². The van der Waals surface area contributed by atoms with Gasteiger partial charge < -0.3 is 15.0 Å². The van der Waals surface area contributed by atoms with Gasteiger partial charge in [-0.25, -0.2) is 4.98 Å². The van der Waals surface area contributed by atoms with Gasteiger partial charge >= 0.3 is 0 Å². The number of piperidine rings is 1. The third-order valence-electron chi connectivity index (χ3n) is 3.32. The first kappa shape index (κ1) is 14.8. The summed E-state index contributed by atoms with van der Waals surface area (Å²) in [4.78, 5) is 8.20. The number of anilines is 1. The van der Waals surface area contributed by atoms with Crippen molar-refractivity contribution in [3.8, 4) is 0 Å². The minimum absolute atomic E-state index is 0.149. The Morgan fingerprint density at radius 2 is 2.32 bits per heavy atom. The topological polar surface area (TPSA) is 37.4 Å². The number of rotatable bonds is 4. The van der Waals surface area contributed by atoms with Crippen LogP contribution in [0.2, 0.25) is 0 Å². The molecule has 108 valence electrons. The van der Waals surface area contributed by atoms with Crippen molar-refractivity contribution in [2.75, 3.05) is 25.1 Å². The molecule has 19 heavy (non-hydrogen) atoms. The third kappa shape index (κ3) is 4.44. The number of nitrogens with zero attached hydrogens (tertiary/aromatic N) is 2. The number of hydrogen-bond donors (Lipinski definition) is 1. The highest BCUT2D eigenvalue weighted by molar-refractivity contribution is 7.15. The van der Waals surface area contributed by atoms with Gasteiger partial charge in [-0.2, -0.15) is 0 Å². The highest BCUT2D eigenvalue weighted by atomic mass is 32.1. The number of aromatic nitrogens is 1. The van der Waals surface area contributed by atoms with Crippen LogP contribution in [0.4, 0.5) is 5.13 Å². The maximum Gasteiger partial charge on any atom is 0.185 e. The van der Waals surface area contributed by atoms with E-state index in [1.54, 1.807) is 18.4 Å². The largest absolute Gasteiger partial charge is 0.380 e. The molecule has 0 aromatic carbocycles. The summed E-state index contributed by atoms with van der Waals surface area (Å²) < 4.78 is 5.46. The van der Waals surface area contributed by atoms with Crippen LogP contribution in [0.25, 0.3) is 0 Å². The summed E-state index contributed by atoms with van der Waals surface area (Å²) >= 11 is 1.79. The first-order valence-electron chi connectivity index (χ1n) is 6.95. The maximum atomic E-state index is 5.46. The number of hydrogen-bond acceptors (Lipinski definition) is 5. The number of ether oxygens (including phenoxy) is 1. The molecule has 1 atom stereocenters. The van der Waals surface area contributed by atoms with E-state index in [4.69, 9.17) is 4.74 Å². The van der Waals surface area contributed by atoms with Gasteiger partial charge in [0.25, 0.3) is 0 Å². The first-order valence-corrected chi connectivity index (χ1v) is 7.77. The van der Waals surface area contributed by atoms with E-state index in [9.17, 15) is 0 Å². The van der Waals surface area contributed by atoms with Crippen LogP contribution in [-0.2, 0) is 11.3 Å². The number of nitrogens with one attached hydrogen (secondary N) is 1. The van der Waals surface area contributed by atoms with Crippen molar-refractivity contribution in [1.82, 2.24) is 10.3 Å². The van der Waals surface area contributed by atoms with Gasteiger partial charge in [0.1, 0.15) is 0 Å². The molecule has 0 bridgehead atoms. The monoisotopic (exact) mass is 283 g/mol. The van der Waals surface area contributed by atoms with E-state index in [-0.39, 0.29) is 5.54 Å². The van der Waals surface area contributed by atoms with Crippen LogP contribution in [0, 0.1) is 0 Å². The third-order valence-corrected chi connectivity index (χ3v) is 4.37. The standard InChI is InChI=1S/C14H25N3OS/c1-14(2,3)16-9-12-8-15-13(19-12)17-7-5-6-11(10-17)18-4/h8,11,16H,5-7,9-10H2,1-4H3. The van der Waals surface area contributed by atoms with Gasteiger partial charge in [0, 0.05) is 43.4 Å². The first-order chi connectivity index (χ1) is 8.98. The molecular weight excluding hydrogens is 258 g/mol. The minimum Gasteiger partial charge on any atom is -0.380 e. The van der Waals surface area contributed by atoms with Crippen LogP contribution < -0.4 is 10.2 Å². The van der Waals surface area contributed by atoms with Crippen molar-refractivity contribution in [3.05, 3.63) is 11.1 Å². The zero-order valence-corrected chi connectivity index (χ0v) is 13.2. The Morgan fingerprint density at radius 1 is 1.53 bits per heavy atom. The molecule has 0 saturated carbocycles. The van der Waals surface area contributed by atoms with Gasteiger partial charge in [-0.1, -0.05) is 0 Å². The van der Waals surface area contributed by atoms with E-state index in [2.05, 4.69) is 36.0 Å². The normalized spacial score (nSPS) is 20.8. The second-order valence-corrected chi connectivity index (χ2v) is 7.25. The van der Waals surface area contributed by atoms with E-state index in [0.717, 1.165) is 31.2 Å². The van der Waals surface area contributed by atoms with Crippen LogP contribution in [0.3, 0.4) is 0 Å². The fourth-order valence-corrected chi connectivity index (χ4v) is 3.07. The lowest BCUT2D eigenvalue weighted by molar-refractivity contribution is 0.0893. The molecule has 1 aliphatic heterocycles. The average molecular weight is 283 g/mol. The molecule has 1 aromatic heterocycles. The van der Waals surface area contributed by atoms with Crippen molar-refractivity contribution in [2.45, 2.75) is 51.8 Å². The van der Waals surface area contributed by atoms with Crippen LogP contribution in [-0.4, -0.2) is 36.8 Å². The van der Waals surface area contributed by atoms with Crippen LogP contribution in [0.1, 0.15) is 38.5 Å². The molecule has 2 heterocycles. The molecule has 1 aliphatic rings. The Kier molecular flexibility index (Phi) is 4.81. The molecule has 0 aliphatic carbocycles. The van der Waals surface area contributed by atoms with Gasteiger partial charge in [0.2, 0.25) is 0 Å². The van der Waals surface area contributed by atoms with Gasteiger partial charge in [0.05, 0.1) is 6.10 Å². The molecule has 5 heteroatoms. The average Bonchev–Trinajstić information content (AvgIpc) is 2.84. The quantitative estimate of drug-likeness (QED) is 0.922. The Labute approximate surface area is 120 Å². The van der Waals surface area contributed by atoms with E-state index < -0.39 is 0 Å². The van der Waals surface area contributed by atoms with Gasteiger partial charge in [-0.15, -0.1) is 11.3 Å². The minimum atomic E-state index is 0.149. The lowest BCUT2D eigenvalue weighted by Crippen LogP contribution is -2.39. The van der Waals surface area contributed by atoms with Gasteiger partial charge in [0.15, 0.2) is 5.13 Å². The summed E-state index contributed by atoms with van der Waals surface area (Å²) in [7, 11) is 1.80. The molecule has 2 rings (SSSR count). The molecule has 0 radical (unpaired) electrons. The Morgan fingerprint density at radius 3 is 3.00 bits per heavy atom. The summed E-state index contributed by atoms with van der Waals surface area (Å²) in [5.74, 6) is 0. The Balaban J connectivity index is 1.93. The van der Waals surface area contributed by atoms with Crippen molar-refractivity contribution in [1.29, 1.82) is 0 Å².